The molecule has 8 bridgehead atoms. The predicted molar refractivity (Wildman–Crippen MR) is 222 cm³/mol. The molecule has 4 heteroatoms. The highest BCUT2D eigenvalue weighted by atomic mass is 14.8. The van der Waals surface area contributed by atoms with Crippen molar-refractivity contribution in [1.82, 2.24) is 19.9 Å². The van der Waals surface area contributed by atoms with Crippen molar-refractivity contribution in [2.75, 3.05) is 0 Å². The van der Waals surface area contributed by atoms with Gasteiger partial charge in [0.25, 0.3) is 0 Å². The van der Waals surface area contributed by atoms with Crippen LogP contribution < -0.4 is 0 Å². The molecule has 3 aromatic heterocycles. The first kappa shape index (κ1) is 32.4. The topological polar surface area (TPSA) is 57.4 Å². The van der Waals surface area contributed by atoms with Crippen LogP contribution in [-0.4, -0.2) is 19.9 Å². The van der Waals surface area contributed by atoms with Gasteiger partial charge in [-0.3, -0.25) is 0 Å². The van der Waals surface area contributed by atoms with E-state index in [1.54, 1.807) is 0 Å². The molecule has 9 rings (SSSR count). The standard InChI is InChI=1S/C49H40N4/c1-29-14-6-10-18-38(29)44-33(5)42-27-36-24-22-34(50-36)26-35-23-25-37(51-35)28-43-45(39-19-11-7-15-30(39)2)46(40-20-12-8-16-31(40)3)49(53-43)47(48(44)52-42)41-21-13-9-17-32(41)4/h6-28,51-52H,1-5H3. The number of nitrogens with zero attached hydrogens (tertiary/aromatic N) is 2. The molecule has 0 amide bonds. The van der Waals surface area contributed by atoms with Gasteiger partial charge in [-0.25, -0.2) is 9.97 Å². The highest BCUT2D eigenvalue weighted by Gasteiger charge is 2.30. The summed E-state index contributed by atoms with van der Waals surface area (Å²) in [4.78, 5) is 18.4. The summed E-state index contributed by atoms with van der Waals surface area (Å²) >= 11 is 0. The lowest BCUT2D eigenvalue weighted by molar-refractivity contribution is 1.28. The van der Waals surface area contributed by atoms with Crippen LogP contribution in [0, 0.1) is 34.6 Å². The zero-order valence-electron chi connectivity index (χ0n) is 30.7. The van der Waals surface area contributed by atoms with E-state index in [0.717, 1.165) is 72.7 Å². The Labute approximate surface area is 310 Å². The predicted octanol–water partition coefficient (Wildman–Crippen LogP) is 12.4. The Kier molecular flexibility index (Phi) is 7.89. The second-order valence-electron chi connectivity index (χ2n) is 14.2. The summed E-state index contributed by atoms with van der Waals surface area (Å²) in [6, 6.07) is 45.5. The summed E-state index contributed by atoms with van der Waals surface area (Å²) in [6.45, 7) is 11.0. The molecule has 0 atom stereocenters. The van der Waals surface area contributed by atoms with E-state index in [1.165, 1.54) is 44.5 Å². The lowest BCUT2D eigenvalue weighted by Gasteiger charge is -2.17. The van der Waals surface area contributed by atoms with Gasteiger partial charge in [0.05, 0.1) is 28.3 Å². The van der Waals surface area contributed by atoms with Crippen molar-refractivity contribution in [1.29, 1.82) is 0 Å². The van der Waals surface area contributed by atoms with Gasteiger partial charge in [0.1, 0.15) is 0 Å². The molecule has 53 heavy (non-hydrogen) atoms. The van der Waals surface area contributed by atoms with Crippen molar-refractivity contribution in [3.63, 3.8) is 0 Å². The molecule has 4 aromatic carbocycles. The van der Waals surface area contributed by atoms with Crippen molar-refractivity contribution in [3.05, 3.63) is 189 Å². The third-order valence-electron chi connectivity index (χ3n) is 10.7. The molecule has 0 unspecified atom stereocenters. The van der Waals surface area contributed by atoms with E-state index in [2.05, 4.69) is 184 Å². The van der Waals surface area contributed by atoms with Crippen LogP contribution in [0.25, 0.3) is 67.6 Å². The first-order valence-corrected chi connectivity index (χ1v) is 18.3. The van der Waals surface area contributed by atoms with Crippen LogP contribution in [0.3, 0.4) is 0 Å². The first-order chi connectivity index (χ1) is 25.8. The lowest BCUT2D eigenvalue weighted by atomic mass is 9.85. The van der Waals surface area contributed by atoms with E-state index in [-0.39, 0.29) is 0 Å². The number of hydrogen-bond acceptors (Lipinski definition) is 2. The highest BCUT2D eigenvalue weighted by molar-refractivity contribution is 6.12. The van der Waals surface area contributed by atoms with Crippen LogP contribution in [0.5, 0.6) is 0 Å². The van der Waals surface area contributed by atoms with Crippen molar-refractivity contribution in [2.24, 2.45) is 0 Å². The van der Waals surface area contributed by atoms with Gasteiger partial charge in [0.2, 0.25) is 0 Å². The van der Waals surface area contributed by atoms with E-state index >= 15 is 0 Å². The van der Waals surface area contributed by atoms with Gasteiger partial charge in [0, 0.05) is 38.8 Å². The molecule has 2 N–H and O–H groups in total. The molecule has 0 radical (unpaired) electrons. The average molecular weight is 685 g/mol. The van der Waals surface area contributed by atoms with Gasteiger partial charge < -0.3 is 9.97 Å². The number of benzene rings is 4. The van der Waals surface area contributed by atoms with Gasteiger partial charge in [-0.1, -0.05) is 97.1 Å². The first-order valence-electron chi connectivity index (χ1n) is 18.3. The fourth-order valence-corrected chi connectivity index (χ4v) is 7.98. The fourth-order valence-electron chi connectivity index (χ4n) is 7.98. The summed E-state index contributed by atoms with van der Waals surface area (Å²) < 4.78 is 0. The Bertz CT molecular complexity index is 2840. The number of aromatic amines is 2. The summed E-state index contributed by atoms with van der Waals surface area (Å²) in [6.07, 6.45) is 4.17. The SMILES string of the molecule is Cc1ccccc1C1=C(c2ccccc2C)c2nc1cc1ccc(cc3nc(cc4[nH]c(c2-c2ccccc2C)c(-c2ccccc2C)c4C)C=C3)[nH]1. The molecule has 0 aliphatic carbocycles. The molecule has 0 saturated heterocycles. The number of aromatic nitrogens is 4. The maximum Gasteiger partial charge on any atom is 0.0822 e. The third kappa shape index (κ3) is 5.64. The van der Waals surface area contributed by atoms with Gasteiger partial charge in [-0.15, -0.1) is 0 Å². The van der Waals surface area contributed by atoms with Gasteiger partial charge in [-0.2, -0.15) is 0 Å². The quantitative estimate of drug-likeness (QED) is 0.194. The van der Waals surface area contributed by atoms with Crippen LogP contribution in [0.4, 0.5) is 0 Å². The number of rotatable bonds is 4. The lowest BCUT2D eigenvalue weighted by Crippen LogP contribution is -1.98. The Morgan fingerprint density at radius 2 is 0.925 bits per heavy atom. The molecule has 7 aromatic rings. The molecule has 2 aliphatic rings. The molecular formula is C49H40N4. The van der Waals surface area contributed by atoms with E-state index in [1.807, 2.05) is 0 Å². The summed E-state index contributed by atoms with van der Waals surface area (Å²) in [5.74, 6) is 0. The molecule has 0 spiro atoms. The molecule has 0 fully saturated rings. The van der Waals surface area contributed by atoms with Crippen LogP contribution in [0.1, 0.15) is 61.7 Å². The van der Waals surface area contributed by atoms with Gasteiger partial charge in [0.15, 0.2) is 0 Å². The number of aryl methyl sites for hydroxylation is 5. The van der Waals surface area contributed by atoms with Crippen molar-refractivity contribution >= 4 is 45.4 Å². The zero-order chi connectivity index (χ0) is 36.2. The van der Waals surface area contributed by atoms with E-state index in [0.29, 0.717) is 0 Å². The van der Waals surface area contributed by atoms with Crippen LogP contribution >= 0.6 is 0 Å². The van der Waals surface area contributed by atoms with Crippen LogP contribution in [0.15, 0.2) is 127 Å². The maximum absolute atomic E-state index is 5.77. The molecule has 4 nitrogen and oxygen atoms in total. The Morgan fingerprint density at radius 1 is 0.434 bits per heavy atom. The molecule has 0 saturated carbocycles. The number of fused-ring (bicyclic) bond motifs is 8. The average Bonchev–Trinajstić information content (AvgIpc) is 3.94. The number of H-pyrrole nitrogens is 2. The Hall–Kier alpha value is -6.52. The molecule has 5 heterocycles. The normalized spacial score (nSPS) is 12.5. The number of hydrogen-bond donors (Lipinski definition) is 2. The summed E-state index contributed by atoms with van der Waals surface area (Å²) in [7, 11) is 0. The van der Waals surface area contributed by atoms with Crippen molar-refractivity contribution < 1.29 is 0 Å². The fraction of sp³-hybridized carbons (Fsp3) is 0.102. The summed E-state index contributed by atoms with van der Waals surface area (Å²) in [5, 5.41) is 0. The van der Waals surface area contributed by atoms with Gasteiger partial charge >= 0.3 is 0 Å². The van der Waals surface area contributed by atoms with Crippen molar-refractivity contribution in [3.8, 4) is 22.3 Å². The molecule has 2 aliphatic heterocycles. The third-order valence-corrected chi connectivity index (χ3v) is 10.7. The monoisotopic (exact) mass is 684 g/mol. The number of nitrogens with one attached hydrogen (secondary N) is 2. The molecular weight excluding hydrogens is 645 g/mol. The van der Waals surface area contributed by atoms with E-state index in [9.17, 15) is 0 Å². The maximum atomic E-state index is 5.77. The minimum atomic E-state index is 0.905. The van der Waals surface area contributed by atoms with Crippen molar-refractivity contribution in [2.45, 2.75) is 34.6 Å². The van der Waals surface area contributed by atoms with Crippen LogP contribution in [0.2, 0.25) is 0 Å². The second-order valence-corrected chi connectivity index (χ2v) is 14.2. The van der Waals surface area contributed by atoms with E-state index < -0.39 is 0 Å². The zero-order valence-corrected chi connectivity index (χ0v) is 30.7. The Balaban J connectivity index is 1.59. The second kappa shape index (κ2) is 12.9. The highest BCUT2D eigenvalue weighted by Crippen LogP contribution is 2.48. The van der Waals surface area contributed by atoms with E-state index in [4.69, 9.17) is 9.97 Å². The Morgan fingerprint density at radius 3 is 1.51 bits per heavy atom. The minimum Gasteiger partial charge on any atom is -0.355 e. The molecule has 256 valence electrons. The smallest absolute Gasteiger partial charge is 0.0822 e. The van der Waals surface area contributed by atoms with Crippen LogP contribution in [-0.2, 0) is 0 Å². The largest absolute Gasteiger partial charge is 0.355 e. The summed E-state index contributed by atoms with van der Waals surface area (Å²) in [5.41, 5.74) is 22.8. The minimum absolute atomic E-state index is 0.905. The van der Waals surface area contributed by atoms with Gasteiger partial charge in [-0.05, 0) is 127 Å².